The fourth-order valence-electron chi connectivity index (χ4n) is 2.78. The first-order chi connectivity index (χ1) is 10.7. The fourth-order valence-corrected chi connectivity index (χ4v) is 2.78. The number of imidazole rings is 1. The number of nitrogens with two attached hydrogens (primary N) is 1. The highest BCUT2D eigenvalue weighted by Gasteiger charge is 2.15. The molecule has 1 aliphatic rings. The molecule has 116 valence electrons. The predicted octanol–water partition coefficient (Wildman–Crippen LogP) is 3.12. The maximum Gasteiger partial charge on any atom is 0.221 e. The Morgan fingerprint density at radius 2 is 2.14 bits per heavy atom. The van der Waals surface area contributed by atoms with Gasteiger partial charge in [0.05, 0.1) is 30.8 Å². The van der Waals surface area contributed by atoms with Gasteiger partial charge < -0.3 is 10.5 Å². The van der Waals surface area contributed by atoms with Crippen LogP contribution in [0.3, 0.4) is 0 Å². The maximum absolute atomic E-state index is 6.00. The number of anilines is 1. The Morgan fingerprint density at radius 1 is 1.36 bits per heavy atom. The summed E-state index contributed by atoms with van der Waals surface area (Å²) in [6, 6.07) is 8.15. The number of hydrogen-bond donors (Lipinski definition) is 1. The summed E-state index contributed by atoms with van der Waals surface area (Å²) in [4.78, 5) is 4.14. The van der Waals surface area contributed by atoms with Crippen molar-refractivity contribution < 1.29 is 4.74 Å². The van der Waals surface area contributed by atoms with E-state index in [4.69, 9.17) is 10.5 Å². The molecular formula is C17H22N4O. The first-order valence-electron chi connectivity index (χ1n) is 7.78. The van der Waals surface area contributed by atoms with E-state index in [2.05, 4.69) is 16.2 Å². The third-order valence-electron chi connectivity index (χ3n) is 3.99. The molecule has 1 fully saturated rings. The Kier molecular flexibility index (Phi) is 4.53. The van der Waals surface area contributed by atoms with E-state index < -0.39 is 0 Å². The molecule has 1 saturated carbocycles. The van der Waals surface area contributed by atoms with Crippen LogP contribution >= 0.6 is 0 Å². The second-order valence-corrected chi connectivity index (χ2v) is 5.75. The van der Waals surface area contributed by atoms with Gasteiger partial charge in [-0.15, -0.1) is 0 Å². The summed E-state index contributed by atoms with van der Waals surface area (Å²) >= 11 is 0. The average Bonchev–Trinajstić information content (AvgIpc) is 3.13. The van der Waals surface area contributed by atoms with E-state index in [1.807, 2.05) is 37.5 Å². The molecule has 1 aromatic carbocycles. The molecule has 0 amide bonds. The molecule has 3 rings (SSSR count). The SMILES string of the molecule is Cc1cn(N=Cc2ccccc2COC2CCCC2)c(N)n1. The second kappa shape index (κ2) is 6.75. The Labute approximate surface area is 130 Å². The molecule has 0 bridgehead atoms. The summed E-state index contributed by atoms with van der Waals surface area (Å²) in [6.07, 6.45) is 8.97. The second-order valence-electron chi connectivity index (χ2n) is 5.75. The average molecular weight is 298 g/mol. The molecule has 0 spiro atoms. The first kappa shape index (κ1) is 14.8. The summed E-state index contributed by atoms with van der Waals surface area (Å²) in [5, 5.41) is 4.39. The van der Waals surface area contributed by atoms with E-state index in [0.29, 0.717) is 18.7 Å². The Hall–Kier alpha value is -2.14. The van der Waals surface area contributed by atoms with Gasteiger partial charge in [-0.25, -0.2) is 9.66 Å². The molecule has 2 aromatic rings. The summed E-state index contributed by atoms with van der Waals surface area (Å²) in [6.45, 7) is 2.52. The van der Waals surface area contributed by atoms with Crippen molar-refractivity contribution in [2.75, 3.05) is 5.73 Å². The highest BCUT2D eigenvalue weighted by atomic mass is 16.5. The monoisotopic (exact) mass is 298 g/mol. The number of rotatable bonds is 5. The van der Waals surface area contributed by atoms with E-state index >= 15 is 0 Å². The molecule has 0 unspecified atom stereocenters. The van der Waals surface area contributed by atoms with Crippen LogP contribution in [0.5, 0.6) is 0 Å². The van der Waals surface area contributed by atoms with Crippen LogP contribution in [0.2, 0.25) is 0 Å². The third-order valence-corrected chi connectivity index (χ3v) is 3.99. The van der Waals surface area contributed by atoms with E-state index in [9.17, 15) is 0 Å². The van der Waals surface area contributed by atoms with Crippen molar-refractivity contribution in [2.45, 2.75) is 45.3 Å². The van der Waals surface area contributed by atoms with E-state index in [0.717, 1.165) is 16.8 Å². The Morgan fingerprint density at radius 3 is 2.86 bits per heavy atom. The zero-order chi connectivity index (χ0) is 15.4. The largest absolute Gasteiger partial charge is 0.374 e. The van der Waals surface area contributed by atoms with Crippen LogP contribution in [-0.2, 0) is 11.3 Å². The Bertz CT molecular complexity index is 656. The summed E-state index contributed by atoms with van der Waals surface area (Å²) in [5.74, 6) is 0.397. The lowest BCUT2D eigenvalue weighted by molar-refractivity contribution is 0.0456. The lowest BCUT2D eigenvalue weighted by atomic mass is 10.1. The van der Waals surface area contributed by atoms with Gasteiger partial charge in [-0.2, -0.15) is 5.10 Å². The fraction of sp³-hybridized carbons (Fsp3) is 0.412. The van der Waals surface area contributed by atoms with Gasteiger partial charge in [-0.1, -0.05) is 37.1 Å². The number of nitrogen functional groups attached to an aromatic ring is 1. The summed E-state index contributed by atoms with van der Waals surface area (Å²) in [5.41, 5.74) is 8.85. The topological polar surface area (TPSA) is 65.4 Å². The van der Waals surface area contributed by atoms with Crippen LogP contribution in [0.4, 0.5) is 5.95 Å². The smallest absolute Gasteiger partial charge is 0.221 e. The van der Waals surface area contributed by atoms with Gasteiger partial charge in [0.25, 0.3) is 0 Å². The molecule has 22 heavy (non-hydrogen) atoms. The van der Waals surface area contributed by atoms with Crippen LogP contribution in [0.1, 0.15) is 42.5 Å². The zero-order valence-electron chi connectivity index (χ0n) is 12.9. The van der Waals surface area contributed by atoms with Crippen LogP contribution < -0.4 is 5.73 Å². The van der Waals surface area contributed by atoms with Gasteiger partial charge in [0.2, 0.25) is 5.95 Å². The van der Waals surface area contributed by atoms with Crippen molar-refractivity contribution >= 4 is 12.2 Å². The molecule has 2 N–H and O–H groups in total. The Balaban J connectivity index is 1.71. The zero-order valence-corrected chi connectivity index (χ0v) is 12.9. The molecule has 1 aromatic heterocycles. The van der Waals surface area contributed by atoms with E-state index in [1.54, 1.807) is 4.68 Å². The summed E-state index contributed by atoms with van der Waals surface area (Å²) in [7, 11) is 0. The number of hydrogen-bond acceptors (Lipinski definition) is 4. The molecular weight excluding hydrogens is 276 g/mol. The lowest BCUT2D eigenvalue weighted by Gasteiger charge is -2.12. The number of ether oxygens (including phenoxy) is 1. The first-order valence-corrected chi connectivity index (χ1v) is 7.78. The van der Waals surface area contributed by atoms with Gasteiger partial charge in [-0.05, 0) is 25.3 Å². The highest BCUT2D eigenvalue weighted by Crippen LogP contribution is 2.22. The molecule has 5 nitrogen and oxygen atoms in total. The van der Waals surface area contributed by atoms with Crippen molar-refractivity contribution in [3.63, 3.8) is 0 Å². The molecule has 1 aliphatic carbocycles. The van der Waals surface area contributed by atoms with Crippen molar-refractivity contribution in [1.82, 2.24) is 9.66 Å². The van der Waals surface area contributed by atoms with Crippen LogP contribution in [0.15, 0.2) is 35.6 Å². The quantitative estimate of drug-likeness (QED) is 0.863. The van der Waals surface area contributed by atoms with E-state index in [1.165, 1.54) is 25.7 Å². The molecule has 0 saturated heterocycles. The van der Waals surface area contributed by atoms with Gasteiger partial charge in [-0.3, -0.25) is 0 Å². The predicted molar refractivity (Wildman–Crippen MR) is 87.9 cm³/mol. The standard InChI is InChI=1S/C17H22N4O/c1-13-11-21(17(18)20-13)19-10-14-6-2-3-7-15(14)12-22-16-8-4-5-9-16/h2-3,6-7,10-11,16H,4-5,8-9,12H2,1H3,(H2,18,20). The van der Waals surface area contributed by atoms with Crippen LogP contribution in [-0.4, -0.2) is 22.0 Å². The normalized spacial score (nSPS) is 15.9. The molecule has 0 radical (unpaired) electrons. The minimum atomic E-state index is 0.397. The van der Waals surface area contributed by atoms with Gasteiger partial charge >= 0.3 is 0 Å². The number of aryl methyl sites for hydroxylation is 1. The van der Waals surface area contributed by atoms with Crippen molar-refractivity contribution in [1.29, 1.82) is 0 Å². The highest BCUT2D eigenvalue weighted by molar-refractivity contribution is 5.81. The van der Waals surface area contributed by atoms with Crippen molar-refractivity contribution in [3.05, 3.63) is 47.3 Å². The minimum Gasteiger partial charge on any atom is -0.374 e. The molecule has 0 atom stereocenters. The van der Waals surface area contributed by atoms with Gasteiger partial charge in [0.1, 0.15) is 0 Å². The molecule has 5 heteroatoms. The number of benzene rings is 1. The van der Waals surface area contributed by atoms with Gasteiger partial charge in [0, 0.05) is 5.56 Å². The number of aromatic nitrogens is 2. The van der Waals surface area contributed by atoms with E-state index in [-0.39, 0.29) is 0 Å². The van der Waals surface area contributed by atoms with Crippen LogP contribution in [0, 0.1) is 6.92 Å². The lowest BCUT2D eigenvalue weighted by Crippen LogP contribution is -2.08. The van der Waals surface area contributed by atoms with Crippen molar-refractivity contribution in [2.24, 2.45) is 5.10 Å². The molecule has 1 heterocycles. The van der Waals surface area contributed by atoms with Gasteiger partial charge in [0.15, 0.2) is 0 Å². The third kappa shape index (κ3) is 3.54. The van der Waals surface area contributed by atoms with Crippen LogP contribution in [0.25, 0.3) is 0 Å². The summed E-state index contributed by atoms with van der Waals surface area (Å²) < 4.78 is 7.59. The number of nitrogens with zero attached hydrogens (tertiary/aromatic N) is 3. The minimum absolute atomic E-state index is 0.397. The maximum atomic E-state index is 6.00. The molecule has 0 aliphatic heterocycles. The van der Waals surface area contributed by atoms with Crippen molar-refractivity contribution in [3.8, 4) is 0 Å².